The van der Waals surface area contributed by atoms with Gasteiger partial charge in [-0.05, 0) is 60.7 Å². The van der Waals surface area contributed by atoms with Gasteiger partial charge in [-0.3, -0.25) is 9.59 Å². The molecule has 2 rings (SSSR count). The summed E-state index contributed by atoms with van der Waals surface area (Å²) in [6, 6.07) is 15.1. The number of benzene rings is 2. The van der Waals surface area contributed by atoms with E-state index in [1.165, 1.54) is 4.90 Å². The van der Waals surface area contributed by atoms with Crippen LogP contribution in [-0.4, -0.2) is 69.1 Å². The fraction of sp³-hybridized carbons (Fsp3) is 0.467. The van der Waals surface area contributed by atoms with E-state index in [0.29, 0.717) is 17.7 Å². The molecule has 2 amide bonds. The minimum Gasteiger partial charge on any atom is -0.497 e. The van der Waals surface area contributed by atoms with Gasteiger partial charge in [0.1, 0.15) is 17.1 Å². The second kappa shape index (κ2) is 14.4. The molecule has 0 spiro atoms. The Morgan fingerprint density at radius 1 is 0.946 bits per heavy atom. The summed E-state index contributed by atoms with van der Waals surface area (Å²) in [7, 11) is 10.2. The highest BCUT2D eigenvalue weighted by molar-refractivity contribution is 6.00. The zero-order chi connectivity index (χ0) is 28.3. The Morgan fingerprint density at radius 2 is 1.49 bits per heavy atom. The lowest BCUT2D eigenvalue weighted by Gasteiger charge is -2.34. The summed E-state index contributed by atoms with van der Waals surface area (Å²) in [5, 5.41) is 10.9. The molecule has 0 saturated heterocycles. The van der Waals surface area contributed by atoms with Crippen LogP contribution in [-0.2, 0) is 15.2 Å². The summed E-state index contributed by atoms with van der Waals surface area (Å²) >= 11 is 0. The predicted molar refractivity (Wildman–Crippen MR) is 151 cm³/mol. The molecule has 37 heavy (non-hydrogen) atoms. The van der Waals surface area contributed by atoms with E-state index in [1.807, 2.05) is 56.3 Å². The van der Waals surface area contributed by atoms with Crippen LogP contribution in [0.5, 0.6) is 11.5 Å². The minimum atomic E-state index is -1.18. The third kappa shape index (κ3) is 8.09. The first kappa shape index (κ1) is 31.7. The van der Waals surface area contributed by atoms with Crippen LogP contribution in [0.25, 0.3) is 5.57 Å². The normalized spacial score (nSPS) is 13.7. The fourth-order valence-electron chi connectivity index (χ4n) is 4.21. The number of hydrogen-bond donors (Lipinski definition) is 1. The molecule has 0 heterocycles. The first-order chi connectivity index (χ1) is 17.4. The van der Waals surface area contributed by atoms with E-state index in [-0.39, 0.29) is 13.2 Å². The van der Waals surface area contributed by atoms with Crippen LogP contribution in [0.1, 0.15) is 53.1 Å². The Bertz CT molecular complexity index is 1080. The minimum absolute atomic E-state index is 0. The standard InChI is InChI=1S/C15H23NO3.C15H21NO2/c1-6-15(18,11(2)14(17)16(3)4)12-8-7-9-13(10-12)19-5;1-6-14(11(2)15(17)16(3)4)12-8-7-9-13(10-12)18-5/h7-11,18H,6H2,1-5H3;7-10H,6H2,1-5H3/p+1/b;14-11+. The lowest BCUT2D eigenvalue weighted by atomic mass is 9.79. The number of methoxy groups -OCH3 is 2. The van der Waals surface area contributed by atoms with Crippen LogP contribution in [0.2, 0.25) is 0 Å². The van der Waals surface area contributed by atoms with Crippen molar-refractivity contribution in [2.75, 3.05) is 42.4 Å². The molecule has 7 heteroatoms. The first-order valence-corrected chi connectivity index (χ1v) is 12.5. The van der Waals surface area contributed by atoms with Gasteiger partial charge in [-0.2, -0.15) is 0 Å². The lowest BCUT2D eigenvalue weighted by molar-refractivity contribution is -0.143. The zero-order valence-corrected chi connectivity index (χ0v) is 24.1. The number of likely N-dealkylation sites (N-methyl/N-ethyl adjacent to an activating group) is 1. The Kier molecular flexibility index (Phi) is 12.4. The number of aliphatic hydroxyl groups is 1. The Labute approximate surface area is 224 Å². The largest absolute Gasteiger partial charge is 1.00 e. The molecule has 204 valence electrons. The van der Waals surface area contributed by atoms with Gasteiger partial charge < -0.3 is 24.4 Å². The molecule has 0 aliphatic heterocycles. The van der Waals surface area contributed by atoms with Gasteiger partial charge >= 0.3 is 1.43 Å². The van der Waals surface area contributed by atoms with Gasteiger partial charge in [-0.1, -0.05) is 45.0 Å². The third-order valence-corrected chi connectivity index (χ3v) is 6.59. The highest BCUT2D eigenvalue weighted by Gasteiger charge is 2.39. The molecule has 2 aromatic rings. The molecular formula is C30H45N2O5+. The SMILES string of the molecule is CC/C(=C(/C)C(=O)N(C)C)c1cccc(OC)c1.CCC(O)(c1cccc(OC)c1)C(C)C(=O)N(C)C.[H+]. The maximum atomic E-state index is 12.1. The Morgan fingerprint density at radius 3 is 1.95 bits per heavy atom. The van der Waals surface area contributed by atoms with Crippen molar-refractivity contribution < 1.29 is 25.6 Å². The van der Waals surface area contributed by atoms with Crippen molar-refractivity contribution in [3.8, 4) is 11.5 Å². The van der Waals surface area contributed by atoms with Crippen LogP contribution < -0.4 is 9.47 Å². The van der Waals surface area contributed by atoms with E-state index in [4.69, 9.17) is 9.47 Å². The smallest absolute Gasteiger partial charge is 0.497 e. The van der Waals surface area contributed by atoms with E-state index in [9.17, 15) is 14.7 Å². The monoisotopic (exact) mass is 513 g/mol. The van der Waals surface area contributed by atoms with Crippen LogP contribution in [0.4, 0.5) is 0 Å². The van der Waals surface area contributed by atoms with E-state index >= 15 is 0 Å². The summed E-state index contributed by atoms with van der Waals surface area (Å²) in [5.74, 6) is 0.930. The van der Waals surface area contributed by atoms with Gasteiger partial charge in [0.05, 0.1) is 20.1 Å². The molecule has 0 fully saturated rings. The molecule has 2 aromatic carbocycles. The van der Waals surface area contributed by atoms with Gasteiger partial charge in [0.2, 0.25) is 11.8 Å². The number of allylic oxidation sites excluding steroid dienone is 1. The zero-order valence-electron chi connectivity index (χ0n) is 25.1. The fourth-order valence-corrected chi connectivity index (χ4v) is 4.21. The second-order valence-corrected chi connectivity index (χ2v) is 9.35. The quantitative estimate of drug-likeness (QED) is 0.472. The van der Waals surface area contributed by atoms with Crippen LogP contribution >= 0.6 is 0 Å². The Balaban J connectivity index is 0.000000703. The number of carbonyl (C=O) groups is 2. The number of amides is 2. The topological polar surface area (TPSA) is 79.3 Å². The number of nitrogens with zero attached hydrogens (tertiary/aromatic N) is 2. The van der Waals surface area contributed by atoms with Crippen LogP contribution in [0.15, 0.2) is 54.1 Å². The number of carbonyl (C=O) groups excluding carboxylic acids is 2. The third-order valence-electron chi connectivity index (χ3n) is 6.59. The first-order valence-electron chi connectivity index (χ1n) is 12.5. The number of hydrogen-bond acceptors (Lipinski definition) is 5. The lowest BCUT2D eigenvalue weighted by Crippen LogP contribution is -2.42. The van der Waals surface area contributed by atoms with E-state index in [2.05, 4.69) is 6.92 Å². The van der Waals surface area contributed by atoms with Crippen LogP contribution in [0, 0.1) is 5.92 Å². The van der Waals surface area contributed by atoms with Crippen molar-refractivity contribution in [2.24, 2.45) is 5.92 Å². The summed E-state index contributed by atoms with van der Waals surface area (Å²) in [5.41, 5.74) is 2.42. The molecule has 0 aromatic heterocycles. The molecule has 2 atom stereocenters. The van der Waals surface area contributed by atoms with Crippen LogP contribution in [0.3, 0.4) is 0 Å². The average molecular weight is 514 g/mol. The summed E-state index contributed by atoms with van der Waals surface area (Å²) < 4.78 is 10.4. The Hall–Kier alpha value is -3.32. The highest BCUT2D eigenvalue weighted by Crippen LogP contribution is 2.35. The van der Waals surface area contributed by atoms with Crippen molar-refractivity contribution in [3.05, 3.63) is 65.2 Å². The van der Waals surface area contributed by atoms with Crippen molar-refractivity contribution in [2.45, 2.75) is 46.1 Å². The summed E-state index contributed by atoms with van der Waals surface area (Å²) in [6.07, 6.45) is 1.28. The molecule has 2 unspecified atom stereocenters. The molecular weight excluding hydrogens is 468 g/mol. The van der Waals surface area contributed by atoms with E-state index < -0.39 is 11.5 Å². The highest BCUT2D eigenvalue weighted by atomic mass is 16.5. The van der Waals surface area contributed by atoms with Gasteiger partial charge in [-0.25, -0.2) is 0 Å². The average Bonchev–Trinajstić information content (AvgIpc) is 2.91. The molecule has 0 aliphatic rings. The van der Waals surface area contributed by atoms with Gasteiger partial charge in [0.15, 0.2) is 0 Å². The van der Waals surface area contributed by atoms with E-state index in [0.717, 1.165) is 28.9 Å². The van der Waals surface area contributed by atoms with Gasteiger partial charge in [-0.15, -0.1) is 0 Å². The maximum Gasteiger partial charge on any atom is 1.00 e. The van der Waals surface area contributed by atoms with Gasteiger partial charge in [0.25, 0.3) is 0 Å². The molecule has 7 nitrogen and oxygen atoms in total. The van der Waals surface area contributed by atoms with E-state index in [1.54, 1.807) is 60.3 Å². The molecule has 1 N–H and O–H groups in total. The number of ether oxygens (including phenoxy) is 2. The maximum absolute atomic E-state index is 12.1. The summed E-state index contributed by atoms with van der Waals surface area (Å²) in [6.45, 7) is 7.56. The van der Waals surface area contributed by atoms with Gasteiger partial charge in [0, 0.05) is 33.8 Å². The van der Waals surface area contributed by atoms with Crippen molar-refractivity contribution in [1.29, 1.82) is 0 Å². The summed E-state index contributed by atoms with van der Waals surface area (Å²) in [4.78, 5) is 27.2. The van der Waals surface area contributed by atoms with Crippen molar-refractivity contribution in [1.82, 2.24) is 9.80 Å². The van der Waals surface area contributed by atoms with Crippen molar-refractivity contribution >= 4 is 17.4 Å². The molecule has 0 radical (unpaired) electrons. The molecule has 0 saturated carbocycles. The molecule has 0 bridgehead atoms. The number of rotatable bonds is 9. The van der Waals surface area contributed by atoms with Crippen molar-refractivity contribution in [3.63, 3.8) is 0 Å². The predicted octanol–water partition coefficient (Wildman–Crippen LogP) is 5.10. The second-order valence-electron chi connectivity index (χ2n) is 9.35. The molecule has 0 aliphatic carbocycles.